The molecule has 2 rings (SSSR count). The number of aromatic nitrogens is 1. The molecule has 0 radical (unpaired) electrons. The Morgan fingerprint density at radius 3 is 3.00 bits per heavy atom. The van der Waals surface area contributed by atoms with E-state index in [1.807, 2.05) is 13.2 Å². The first kappa shape index (κ1) is 13.3. The van der Waals surface area contributed by atoms with Gasteiger partial charge in [-0.2, -0.15) is 0 Å². The van der Waals surface area contributed by atoms with Crippen molar-refractivity contribution in [2.75, 3.05) is 31.6 Å². The van der Waals surface area contributed by atoms with E-state index in [4.69, 9.17) is 0 Å². The molecular weight excluding hydrogens is 226 g/mol. The van der Waals surface area contributed by atoms with Crippen molar-refractivity contribution in [1.82, 2.24) is 10.3 Å². The molecule has 0 bridgehead atoms. The van der Waals surface area contributed by atoms with Crippen molar-refractivity contribution in [3.05, 3.63) is 24.0 Å². The lowest BCUT2D eigenvalue weighted by Crippen LogP contribution is -2.36. The van der Waals surface area contributed by atoms with E-state index in [9.17, 15) is 5.11 Å². The largest absolute Gasteiger partial charge is 0.396 e. The van der Waals surface area contributed by atoms with Gasteiger partial charge in [0.15, 0.2) is 0 Å². The van der Waals surface area contributed by atoms with Crippen molar-refractivity contribution in [2.24, 2.45) is 5.92 Å². The van der Waals surface area contributed by atoms with Gasteiger partial charge in [-0.3, -0.25) is 4.98 Å². The van der Waals surface area contributed by atoms with Crippen LogP contribution >= 0.6 is 0 Å². The van der Waals surface area contributed by atoms with Gasteiger partial charge in [0, 0.05) is 25.7 Å². The third kappa shape index (κ3) is 3.00. The van der Waals surface area contributed by atoms with Crippen LogP contribution in [0.4, 0.5) is 5.69 Å². The molecule has 2 N–H and O–H groups in total. The molecule has 0 amide bonds. The molecule has 2 heterocycles. The number of nitrogens with one attached hydrogen (secondary N) is 1. The molecule has 0 aliphatic carbocycles. The minimum Gasteiger partial charge on any atom is -0.396 e. The Bertz CT molecular complexity index is 366. The maximum absolute atomic E-state index is 9.25. The van der Waals surface area contributed by atoms with Crippen molar-refractivity contribution in [1.29, 1.82) is 0 Å². The van der Waals surface area contributed by atoms with Gasteiger partial charge in [-0.05, 0) is 44.9 Å². The molecule has 1 aliphatic heterocycles. The summed E-state index contributed by atoms with van der Waals surface area (Å²) in [5.74, 6) is 0.412. The average Bonchev–Trinajstić information content (AvgIpc) is 2.46. The summed E-state index contributed by atoms with van der Waals surface area (Å²) in [5.41, 5.74) is 2.23. The summed E-state index contributed by atoms with van der Waals surface area (Å²) in [5, 5.41) is 12.4. The maximum atomic E-state index is 9.25. The second-order valence-corrected chi connectivity index (χ2v) is 5.09. The number of aliphatic hydroxyl groups excluding tert-OH is 1. The highest BCUT2D eigenvalue weighted by molar-refractivity contribution is 5.45. The predicted octanol–water partition coefficient (Wildman–Crippen LogP) is 1.57. The molecule has 2 atom stereocenters. The lowest BCUT2D eigenvalue weighted by atomic mass is 9.99. The fourth-order valence-corrected chi connectivity index (χ4v) is 2.44. The molecule has 4 nitrogen and oxygen atoms in total. The molecule has 1 saturated heterocycles. The smallest absolute Gasteiger partial charge is 0.0571 e. The molecule has 1 fully saturated rings. The summed E-state index contributed by atoms with van der Waals surface area (Å²) in [4.78, 5) is 6.83. The van der Waals surface area contributed by atoms with Crippen LogP contribution in [0, 0.1) is 5.92 Å². The quantitative estimate of drug-likeness (QED) is 0.850. The third-order valence-corrected chi connectivity index (χ3v) is 3.79. The van der Waals surface area contributed by atoms with E-state index in [1.165, 1.54) is 5.69 Å². The van der Waals surface area contributed by atoms with E-state index in [0.29, 0.717) is 12.5 Å². The lowest BCUT2D eigenvalue weighted by Gasteiger charge is -2.33. The molecule has 18 heavy (non-hydrogen) atoms. The number of anilines is 1. The Balaban J connectivity index is 2.04. The van der Waals surface area contributed by atoms with E-state index in [0.717, 1.165) is 31.6 Å². The molecule has 4 heteroatoms. The number of pyridine rings is 1. The summed E-state index contributed by atoms with van der Waals surface area (Å²) >= 11 is 0. The Morgan fingerprint density at radius 2 is 2.39 bits per heavy atom. The first-order valence-electron chi connectivity index (χ1n) is 6.73. The fourth-order valence-electron chi connectivity index (χ4n) is 2.44. The van der Waals surface area contributed by atoms with Crippen LogP contribution in [0.3, 0.4) is 0 Å². The predicted molar refractivity (Wildman–Crippen MR) is 73.7 cm³/mol. The highest BCUT2D eigenvalue weighted by atomic mass is 16.3. The Morgan fingerprint density at radius 1 is 1.56 bits per heavy atom. The number of nitrogens with zero attached hydrogens (tertiary/aromatic N) is 2. The molecule has 1 aliphatic rings. The van der Waals surface area contributed by atoms with Gasteiger partial charge < -0.3 is 15.3 Å². The van der Waals surface area contributed by atoms with E-state index in [-0.39, 0.29) is 6.04 Å². The van der Waals surface area contributed by atoms with Crippen LogP contribution in [0.2, 0.25) is 0 Å². The minimum absolute atomic E-state index is 0.283. The van der Waals surface area contributed by atoms with E-state index in [1.54, 1.807) is 0 Å². The molecule has 0 spiro atoms. The second-order valence-electron chi connectivity index (χ2n) is 5.09. The highest BCUT2D eigenvalue weighted by Crippen LogP contribution is 2.23. The monoisotopic (exact) mass is 249 g/mol. The third-order valence-electron chi connectivity index (χ3n) is 3.79. The van der Waals surface area contributed by atoms with Gasteiger partial charge in [-0.25, -0.2) is 0 Å². The number of hydrogen-bond donors (Lipinski definition) is 2. The van der Waals surface area contributed by atoms with Gasteiger partial charge in [-0.1, -0.05) is 0 Å². The summed E-state index contributed by atoms with van der Waals surface area (Å²) in [6.07, 6.45) is 4.23. The van der Waals surface area contributed by atoms with Gasteiger partial charge >= 0.3 is 0 Å². The Labute approximate surface area is 109 Å². The van der Waals surface area contributed by atoms with Crippen molar-refractivity contribution >= 4 is 5.69 Å². The molecule has 100 valence electrons. The standard InChI is InChI=1S/C14H23N3O/c1-11(15-2)14-6-5-13(8-16-14)17-7-3-4-12(9-17)10-18/h5-6,8,11-12,15,18H,3-4,7,9-10H2,1-2H3. The van der Waals surface area contributed by atoms with Crippen molar-refractivity contribution in [3.8, 4) is 0 Å². The highest BCUT2D eigenvalue weighted by Gasteiger charge is 2.19. The van der Waals surface area contributed by atoms with Gasteiger partial charge in [0.25, 0.3) is 0 Å². The molecule has 2 unspecified atom stereocenters. The Kier molecular flexibility index (Phi) is 4.55. The maximum Gasteiger partial charge on any atom is 0.0571 e. The number of aliphatic hydroxyl groups is 1. The normalized spacial score (nSPS) is 21.9. The summed E-state index contributed by atoms with van der Waals surface area (Å²) in [6.45, 7) is 4.40. The van der Waals surface area contributed by atoms with Gasteiger partial charge in [0.1, 0.15) is 0 Å². The van der Waals surface area contributed by atoms with Crippen LogP contribution in [-0.4, -0.2) is 36.8 Å². The average molecular weight is 249 g/mol. The zero-order chi connectivity index (χ0) is 13.0. The topological polar surface area (TPSA) is 48.4 Å². The van der Waals surface area contributed by atoms with Crippen LogP contribution in [-0.2, 0) is 0 Å². The van der Waals surface area contributed by atoms with Crippen LogP contribution in [0.5, 0.6) is 0 Å². The summed E-state index contributed by atoms with van der Waals surface area (Å²) < 4.78 is 0. The first-order chi connectivity index (χ1) is 8.74. The number of rotatable bonds is 4. The van der Waals surface area contributed by atoms with E-state index >= 15 is 0 Å². The lowest BCUT2D eigenvalue weighted by molar-refractivity contribution is 0.208. The van der Waals surface area contributed by atoms with Crippen LogP contribution in [0.25, 0.3) is 0 Å². The van der Waals surface area contributed by atoms with E-state index < -0.39 is 0 Å². The molecule has 1 aromatic heterocycles. The SMILES string of the molecule is CNC(C)c1ccc(N2CCCC(CO)C2)cn1. The number of piperidine rings is 1. The van der Waals surface area contributed by atoms with Crippen molar-refractivity contribution in [2.45, 2.75) is 25.8 Å². The Hall–Kier alpha value is -1.13. The summed E-state index contributed by atoms with van der Waals surface area (Å²) in [7, 11) is 1.94. The summed E-state index contributed by atoms with van der Waals surface area (Å²) in [6, 6.07) is 4.50. The molecular formula is C14H23N3O. The zero-order valence-corrected chi connectivity index (χ0v) is 11.3. The van der Waals surface area contributed by atoms with Crippen LogP contribution in [0.1, 0.15) is 31.5 Å². The molecule has 0 aromatic carbocycles. The fraction of sp³-hybridized carbons (Fsp3) is 0.643. The minimum atomic E-state index is 0.283. The first-order valence-corrected chi connectivity index (χ1v) is 6.73. The number of hydrogen-bond acceptors (Lipinski definition) is 4. The van der Waals surface area contributed by atoms with Crippen LogP contribution in [0.15, 0.2) is 18.3 Å². The van der Waals surface area contributed by atoms with Gasteiger partial charge in [-0.15, -0.1) is 0 Å². The van der Waals surface area contributed by atoms with Crippen molar-refractivity contribution in [3.63, 3.8) is 0 Å². The van der Waals surface area contributed by atoms with Crippen LogP contribution < -0.4 is 10.2 Å². The molecule has 0 saturated carbocycles. The van der Waals surface area contributed by atoms with Crippen molar-refractivity contribution < 1.29 is 5.11 Å². The van der Waals surface area contributed by atoms with E-state index in [2.05, 4.69) is 34.3 Å². The molecule has 1 aromatic rings. The van der Waals surface area contributed by atoms with Gasteiger partial charge in [0.2, 0.25) is 0 Å². The van der Waals surface area contributed by atoms with Gasteiger partial charge in [0.05, 0.1) is 17.6 Å². The zero-order valence-electron chi connectivity index (χ0n) is 11.3. The second kappa shape index (κ2) is 6.16.